The molecule has 5 nitrogen and oxygen atoms in total. The van der Waals surface area contributed by atoms with Crippen LogP contribution in [-0.4, -0.2) is 29.5 Å². The van der Waals surface area contributed by atoms with Crippen molar-refractivity contribution in [1.29, 1.82) is 0 Å². The van der Waals surface area contributed by atoms with Gasteiger partial charge in [-0.3, -0.25) is 4.79 Å². The van der Waals surface area contributed by atoms with Crippen LogP contribution in [0.5, 0.6) is 0 Å². The van der Waals surface area contributed by atoms with E-state index in [4.69, 9.17) is 0 Å². The van der Waals surface area contributed by atoms with Crippen molar-refractivity contribution in [3.8, 4) is 10.4 Å². The highest BCUT2D eigenvalue weighted by molar-refractivity contribution is 7.21. The third kappa shape index (κ3) is 4.46. The molecule has 30 heavy (non-hydrogen) atoms. The van der Waals surface area contributed by atoms with Gasteiger partial charge in [-0.05, 0) is 17.7 Å². The Labute approximate surface area is 178 Å². The minimum atomic E-state index is -0.315. The normalized spacial score (nSPS) is 10.9. The number of thiophene rings is 1. The Bertz CT molecular complexity index is 1160. The van der Waals surface area contributed by atoms with Crippen molar-refractivity contribution in [2.24, 2.45) is 0 Å². The van der Waals surface area contributed by atoms with Crippen molar-refractivity contribution in [2.75, 3.05) is 18.5 Å². The molecular formula is C23H21FN4OS. The van der Waals surface area contributed by atoms with Crippen LogP contribution in [-0.2, 0) is 11.3 Å². The van der Waals surface area contributed by atoms with Crippen LogP contribution >= 0.6 is 11.3 Å². The van der Waals surface area contributed by atoms with Crippen LogP contribution in [0.1, 0.15) is 12.0 Å². The maximum Gasteiger partial charge on any atom is 0.222 e. The van der Waals surface area contributed by atoms with Gasteiger partial charge in [0.25, 0.3) is 0 Å². The zero-order valence-corrected chi connectivity index (χ0v) is 17.3. The minimum absolute atomic E-state index is 0.134. The molecule has 0 saturated heterocycles. The molecule has 0 aliphatic rings. The van der Waals surface area contributed by atoms with Crippen LogP contribution in [0.3, 0.4) is 0 Å². The molecule has 4 rings (SSSR count). The summed E-state index contributed by atoms with van der Waals surface area (Å²) < 4.78 is 13.7. The Morgan fingerprint density at radius 3 is 2.67 bits per heavy atom. The summed E-state index contributed by atoms with van der Waals surface area (Å²) >= 11 is 1.62. The maximum atomic E-state index is 13.7. The number of nitrogens with zero attached hydrogens (tertiary/aromatic N) is 3. The fourth-order valence-corrected chi connectivity index (χ4v) is 4.19. The van der Waals surface area contributed by atoms with E-state index in [9.17, 15) is 9.18 Å². The number of hydrogen-bond donors (Lipinski definition) is 1. The molecule has 0 spiro atoms. The fraction of sp³-hybridized carbons (Fsp3) is 0.174. The van der Waals surface area contributed by atoms with E-state index in [2.05, 4.69) is 33.5 Å². The lowest BCUT2D eigenvalue weighted by Crippen LogP contribution is -2.29. The van der Waals surface area contributed by atoms with E-state index in [1.807, 2.05) is 30.1 Å². The predicted molar refractivity (Wildman–Crippen MR) is 119 cm³/mol. The topological polar surface area (TPSA) is 58.1 Å². The van der Waals surface area contributed by atoms with Crippen molar-refractivity contribution >= 4 is 33.3 Å². The number of carbonyl (C=O) groups is 1. The van der Waals surface area contributed by atoms with Gasteiger partial charge in [0.15, 0.2) is 0 Å². The van der Waals surface area contributed by atoms with Gasteiger partial charge in [-0.1, -0.05) is 48.5 Å². The van der Waals surface area contributed by atoms with E-state index in [1.54, 1.807) is 35.9 Å². The average molecular weight is 421 g/mol. The first-order valence-electron chi connectivity index (χ1n) is 9.63. The molecule has 0 aliphatic carbocycles. The minimum Gasteiger partial charge on any atom is -0.359 e. The first-order chi connectivity index (χ1) is 14.6. The van der Waals surface area contributed by atoms with Gasteiger partial charge >= 0.3 is 0 Å². The SMILES string of the molecule is CN(CCC(=O)NCc1ccccc1F)c1ncnc2sc(-c3ccccc3)cc12. The second-order valence-electron chi connectivity index (χ2n) is 6.93. The molecule has 0 atom stereocenters. The molecule has 152 valence electrons. The number of rotatable bonds is 7. The Hall–Kier alpha value is -3.32. The monoisotopic (exact) mass is 420 g/mol. The van der Waals surface area contributed by atoms with Gasteiger partial charge < -0.3 is 10.2 Å². The molecule has 2 heterocycles. The quantitative estimate of drug-likeness (QED) is 0.473. The van der Waals surface area contributed by atoms with Crippen LogP contribution in [0.25, 0.3) is 20.7 Å². The van der Waals surface area contributed by atoms with Crippen molar-refractivity contribution in [3.63, 3.8) is 0 Å². The zero-order chi connectivity index (χ0) is 20.9. The number of aromatic nitrogens is 2. The Morgan fingerprint density at radius 1 is 1.10 bits per heavy atom. The molecule has 2 aromatic carbocycles. The number of anilines is 1. The Balaban J connectivity index is 1.42. The second kappa shape index (κ2) is 9.00. The summed E-state index contributed by atoms with van der Waals surface area (Å²) in [5.74, 6) is 0.344. The molecule has 0 fully saturated rings. The standard InChI is InChI=1S/C23H21FN4OS/c1-28(12-11-21(29)25-14-17-9-5-6-10-19(17)24)22-18-13-20(16-7-3-2-4-8-16)30-23(18)27-15-26-22/h2-10,13,15H,11-12,14H2,1H3,(H,25,29). The number of benzene rings is 2. The smallest absolute Gasteiger partial charge is 0.222 e. The summed E-state index contributed by atoms with van der Waals surface area (Å²) in [6, 6.07) is 18.7. The molecular weight excluding hydrogens is 399 g/mol. The summed E-state index contributed by atoms with van der Waals surface area (Å²) in [6.07, 6.45) is 1.84. The molecule has 1 amide bonds. The summed E-state index contributed by atoms with van der Waals surface area (Å²) in [4.78, 5) is 25.1. The fourth-order valence-electron chi connectivity index (χ4n) is 3.19. The molecule has 0 unspecified atom stereocenters. The van der Waals surface area contributed by atoms with E-state index in [1.165, 1.54) is 6.07 Å². The zero-order valence-electron chi connectivity index (χ0n) is 16.5. The van der Waals surface area contributed by atoms with Gasteiger partial charge in [-0.2, -0.15) is 0 Å². The average Bonchev–Trinajstić information content (AvgIpc) is 3.22. The highest BCUT2D eigenvalue weighted by Gasteiger charge is 2.14. The third-order valence-corrected chi connectivity index (χ3v) is 5.93. The molecule has 0 saturated carbocycles. The van der Waals surface area contributed by atoms with Gasteiger partial charge in [0.2, 0.25) is 5.91 Å². The number of carbonyl (C=O) groups excluding carboxylic acids is 1. The summed E-state index contributed by atoms with van der Waals surface area (Å²) in [6.45, 7) is 0.670. The molecule has 0 aliphatic heterocycles. The highest BCUT2D eigenvalue weighted by atomic mass is 32.1. The van der Waals surface area contributed by atoms with E-state index in [-0.39, 0.29) is 24.7 Å². The van der Waals surface area contributed by atoms with Crippen LogP contribution in [0.2, 0.25) is 0 Å². The molecule has 4 aromatic rings. The van der Waals surface area contributed by atoms with Crippen LogP contribution in [0.4, 0.5) is 10.2 Å². The highest BCUT2D eigenvalue weighted by Crippen LogP contribution is 2.35. The third-order valence-electron chi connectivity index (χ3n) is 4.84. The van der Waals surface area contributed by atoms with E-state index in [0.29, 0.717) is 12.1 Å². The number of halogens is 1. The number of hydrogen-bond acceptors (Lipinski definition) is 5. The first-order valence-corrected chi connectivity index (χ1v) is 10.4. The predicted octanol–water partition coefficient (Wildman–Crippen LogP) is 4.64. The van der Waals surface area contributed by atoms with E-state index < -0.39 is 0 Å². The summed E-state index contributed by atoms with van der Waals surface area (Å²) in [5.41, 5.74) is 1.62. The van der Waals surface area contributed by atoms with Gasteiger partial charge in [0.1, 0.15) is 22.8 Å². The Morgan fingerprint density at radius 2 is 1.87 bits per heavy atom. The van der Waals surface area contributed by atoms with Crippen LogP contribution < -0.4 is 10.2 Å². The summed E-state index contributed by atoms with van der Waals surface area (Å²) in [5, 5.41) is 3.74. The van der Waals surface area contributed by atoms with Gasteiger partial charge in [0.05, 0.1) is 5.39 Å². The van der Waals surface area contributed by atoms with Crippen LogP contribution in [0, 0.1) is 5.82 Å². The lowest BCUT2D eigenvalue weighted by Gasteiger charge is -2.18. The van der Waals surface area contributed by atoms with Crippen molar-refractivity contribution < 1.29 is 9.18 Å². The number of amides is 1. The molecule has 2 aromatic heterocycles. The van der Waals surface area contributed by atoms with Gasteiger partial charge in [0, 0.05) is 37.0 Å². The van der Waals surface area contributed by atoms with Crippen molar-refractivity contribution in [3.05, 3.63) is 78.4 Å². The summed E-state index contributed by atoms with van der Waals surface area (Å²) in [7, 11) is 1.91. The lowest BCUT2D eigenvalue weighted by molar-refractivity contribution is -0.121. The molecule has 1 N–H and O–H groups in total. The van der Waals surface area contributed by atoms with Crippen LogP contribution in [0.15, 0.2) is 67.0 Å². The second-order valence-corrected chi connectivity index (χ2v) is 7.96. The Kier molecular flexibility index (Phi) is 5.99. The van der Waals surface area contributed by atoms with E-state index in [0.717, 1.165) is 26.5 Å². The maximum absolute atomic E-state index is 13.7. The van der Waals surface area contributed by atoms with E-state index >= 15 is 0 Å². The molecule has 7 heteroatoms. The van der Waals surface area contributed by atoms with Gasteiger partial charge in [-0.15, -0.1) is 11.3 Å². The number of fused-ring (bicyclic) bond motifs is 1. The molecule has 0 radical (unpaired) electrons. The largest absolute Gasteiger partial charge is 0.359 e. The number of nitrogens with one attached hydrogen (secondary N) is 1. The van der Waals surface area contributed by atoms with Gasteiger partial charge in [-0.25, -0.2) is 14.4 Å². The van der Waals surface area contributed by atoms with Crippen molar-refractivity contribution in [1.82, 2.24) is 15.3 Å². The molecule has 0 bridgehead atoms. The lowest BCUT2D eigenvalue weighted by atomic mass is 10.2. The first kappa shape index (κ1) is 20.0. The van der Waals surface area contributed by atoms with Crippen molar-refractivity contribution in [2.45, 2.75) is 13.0 Å².